The highest BCUT2D eigenvalue weighted by atomic mass is 32.2. The van der Waals surface area contributed by atoms with E-state index in [-0.39, 0.29) is 16.9 Å². The molecular weight excluding hydrogens is 297 g/mol. The number of sulfonamides is 1. The number of halogens is 1. The number of nitrogens with zero attached hydrogens (tertiary/aromatic N) is 1. The predicted molar refractivity (Wildman–Crippen MR) is 75.1 cm³/mol. The Labute approximate surface area is 123 Å². The number of piperidine rings is 1. The van der Waals surface area contributed by atoms with Gasteiger partial charge in [0.1, 0.15) is 5.82 Å². The van der Waals surface area contributed by atoms with Gasteiger partial charge in [-0.15, -0.1) is 0 Å². The van der Waals surface area contributed by atoms with E-state index in [9.17, 15) is 17.6 Å². The molecule has 1 N–H and O–H groups in total. The van der Waals surface area contributed by atoms with Crippen molar-refractivity contribution in [1.29, 1.82) is 0 Å². The van der Waals surface area contributed by atoms with Crippen molar-refractivity contribution in [2.75, 3.05) is 6.54 Å². The van der Waals surface area contributed by atoms with Gasteiger partial charge in [-0.3, -0.25) is 0 Å². The van der Waals surface area contributed by atoms with Crippen LogP contribution in [0.4, 0.5) is 4.39 Å². The predicted octanol–water partition coefficient (Wildman–Crippen LogP) is 2.33. The first-order valence-corrected chi connectivity index (χ1v) is 8.22. The molecule has 2 rings (SSSR count). The smallest absolute Gasteiger partial charge is 0.338 e. The highest BCUT2D eigenvalue weighted by molar-refractivity contribution is 7.89. The van der Waals surface area contributed by atoms with Gasteiger partial charge in [0.25, 0.3) is 0 Å². The van der Waals surface area contributed by atoms with Crippen LogP contribution in [0, 0.1) is 11.7 Å². The van der Waals surface area contributed by atoms with Crippen LogP contribution in [0.25, 0.3) is 0 Å². The summed E-state index contributed by atoms with van der Waals surface area (Å²) in [5.74, 6) is -2.18. The fourth-order valence-electron chi connectivity index (χ4n) is 2.55. The van der Waals surface area contributed by atoms with Crippen LogP contribution in [-0.2, 0) is 10.0 Å². The van der Waals surface area contributed by atoms with Gasteiger partial charge in [-0.05, 0) is 43.9 Å². The number of carbonyl (C=O) groups is 1. The van der Waals surface area contributed by atoms with Crippen molar-refractivity contribution in [1.82, 2.24) is 4.31 Å². The Morgan fingerprint density at radius 3 is 2.62 bits per heavy atom. The second-order valence-electron chi connectivity index (χ2n) is 5.55. The lowest BCUT2D eigenvalue weighted by molar-refractivity contribution is 0.0691. The summed E-state index contributed by atoms with van der Waals surface area (Å²) in [7, 11) is -3.81. The standard InChI is InChI=1S/C14H18FNO4S/c1-9-3-4-10(2)16(8-9)21(19,20)11-5-6-13(15)12(7-11)14(17)18/h5-7,9-10H,3-4,8H2,1-2H3,(H,17,18). The van der Waals surface area contributed by atoms with Crippen LogP contribution in [0.1, 0.15) is 37.0 Å². The van der Waals surface area contributed by atoms with Gasteiger partial charge < -0.3 is 5.11 Å². The summed E-state index contributed by atoms with van der Waals surface area (Å²) in [6.45, 7) is 4.19. The first-order chi connectivity index (χ1) is 9.73. The van der Waals surface area contributed by atoms with E-state index >= 15 is 0 Å². The van der Waals surface area contributed by atoms with Crippen molar-refractivity contribution < 1.29 is 22.7 Å². The summed E-state index contributed by atoms with van der Waals surface area (Å²) in [4.78, 5) is 10.8. The average Bonchev–Trinajstić information content (AvgIpc) is 2.41. The fraction of sp³-hybridized carbons (Fsp3) is 0.500. The molecule has 1 heterocycles. The van der Waals surface area contributed by atoms with Gasteiger partial charge in [-0.2, -0.15) is 4.31 Å². The van der Waals surface area contributed by atoms with Crippen molar-refractivity contribution >= 4 is 16.0 Å². The summed E-state index contributed by atoms with van der Waals surface area (Å²) < 4.78 is 40.1. The first-order valence-electron chi connectivity index (χ1n) is 6.78. The SMILES string of the molecule is CC1CCC(C)N(S(=O)(=O)c2ccc(F)c(C(=O)O)c2)C1. The van der Waals surface area contributed by atoms with Gasteiger partial charge in [0, 0.05) is 12.6 Å². The van der Waals surface area contributed by atoms with E-state index in [2.05, 4.69) is 0 Å². The fourth-order valence-corrected chi connectivity index (χ4v) is 4.35. The maximum absolute atomic E-state index is 13.4. The van der Waals surface area contributed by atoms with E-state index in [0.29, 0.717) is 6.54 Å². The second kappa shape index (κ2) is 5.73. The lowest BCUT2D eigenvalue weighted by Crippen LogP contribution is -2.44. The molecule has 0 amide bonds. The van der Waals surface area contributed by atoms with Gasteiger partial charge in [-0.25, -0.2) is 17.6 Å². The zero-order valence-electron chi connectivity index (χ0n) is 11.9. The first kappa shape index (κ1) is 15.9. The van der Waals surface area contributed by atoms with E-state index in [0.717, 1.165) is 31.0 Å². The van der Waals surface area contributed by atoms with E-state index in [1.807, 2.05) is 13.8 Å². The Balaban J connectivity index is 2.44. The maximum Gasteiger partial charge on any atom is 0.338 e. The summed E-state index contributed by atoms with van der Waals surface area (Å²) in [6, 6.07) is 2.74. The van der Waals surface area contributed by atoms with Crippen LogP contribution < -0.4 is 0 Å². The molecule has 1 aliphatic heterocycles. The summed E-state index contributed by atoms with van der Waals surface area (Å²) in [5, 5.41) is 8.91. The molecule has 0 saturated carbocycles. The van der Waals surface area contributed by atoms with Crippen LogP contribution in [0.5, 0.6) is 0 Å². The maximum atomic E-state index is 13.4. The van der Waals surface area contributed by atoms with Crippen LogP contribution in [-0.4, -0.2) is 36.4 Å². The molecule has 0 aromatic heterocycles. The number of benzene rings is 1. The monoisotopic (exact) mass is 315 g/mol. The normalized spacial score (nSPS) is 24.0. The lowest BCUT2D eigenvalue weighted by atomic mass is 9.97. The number of hydrogen-bond donors (Lipinski definition) is 1. The number of carboxylic acid groups (broad SMARTS) is 1. The second-order valence-corrected chi connectivity index (χ2v) is 7.44. The van der Waals surface area contributed by atoms with Crippen molar-refractivity contribution in [3.63, 3.8) is 0 Å². The number of carboxylic acids is 1. The summed E-state index contributed by atoms with van der Waals surface area (Å²) in [5.41, 5.74) is -0.631. The minimum Gasteiger partial charge on any atom is -0.478 e. The molecule has 1 saturated heterocycles. The molecule has 21 heavy (non-hydrogen) atoms. The Kier molecular flexibility index (Phi) is 4.34. The quantitative estimate of drug-likeness (QED) is 0.929. The number of rotatable bonds is 3. The number of hydrogen-bond acceptors (Lipinski definition) is 3. The van der Waals surface area contributed by atoms with Crippen LogP contribution in [0.2, 0.25) is 0 Å². The molecule has 2 atom stereocenters. The Morgan fingerprint density at radius 2 is 2.00 bits per heavy atom. The minimum absolute atomic E-state index is 0.149. The van der Waals surface area contributed by atoms with E-state index in [1.165, 1.54) is 4.31 Å². The highest BCUT2D eigenvalue weighted by Crippen LogP contribution is 2.28. The molecule has 2 unspecified atom stereocenters. The largest absolute Gasteiger partial charge is 0.478 e. The zero-order valence-corrected chi connectivity index (χ0v) is 12.7. The third-order valence-corrected chi connectivity index (χ3v) is 5.81. The van der Waals surface area contributed by atoms with Gasteiger partial charge in [0.05, 0.1) is 10.5 Å². The molecule has 7 heteroatoms. The molecule has 1 aromatic carbocycles. The van der Waals surface area contributed by atoms with Gasteiger partial charge in [0.2, 0.25) is 10.0 Å². The highest BCUT2D eigenvalue weighted by Gasteiger charge is 2.34. The van der Waals surface area contributed by atoms with E-state index in [4.69, 9.17) is 5.11 Å². The van der Waals surface area contributed by atoms with Crippen molar-refractivity contribution in [3.8, 4) is 0 Å². The third kappa shape index (κ3) is 3.08. The Morgan fingerprint density at radius 1 is 1.33 bits per heavy atom. The summed E-state index contributed by atoms with van der Waals surface area (Å²) >= 11 is 0. The molecule has 1 aliphatic rings. The van der Waals surface area contributed by atoms with Gasteiger partial charge in [-0.1, -0.05) is 6.92 Å². The molecule has 1 aromatic rings. The molecule has 0 aliphatic carbocycles. The summed E-state index contributed by atoms with van der Waals surface area (Å²) in [6.07, 6.45) is 1.71. The van der Waals surface area contributed by atoms with Crippen LogP contribution in [0.15, 0.2) is 23.1 Å². The van der Waals surface area contributed by atoms with Gasteiger partial charge >= 0.3 is 5.97 Å². The molecule has 0 bridgehead atoms. The van der Waals surface area contributed by atoms with Crippen LogP contribution >= 0.6 is 0 Å². The van der Waals surface area contributed by atoms with Crippen molar-refractivity contribution in [3.05, 3.63) is 29.6 Å². The van der Waals surface area contributed by atoms with E-state index in [1.54, 1.807) is 0 Å². The molecule has 1 fully saturated rings. The van der Waals surface area contributed by atoms with Crippen LogP contribution in [0.3, 0.4) is 0 Å². The topological polar surface area (TPSA) is 74.7 Å². The van der Waals surface area contributed by atoms with Crippen molar-refractivity contribution in [2.45, 2.75) is 37.6 Å². The molecular formula is C14H18FNO4S. The zero-order chi connectivity index (χ0) is 15.8. The minimum atomic E-state index is -3.81. The lowest BCUT2D eigenvalue weighted by Gasteiger charge is -2.35. The van der Waals surface area contributed by atoms with Gasteiger partial charge in [0.15, 0.2) is 0 Å². The number of aromatic carboxylic acids is 1. The Hall–Kier alpha value is -1.47. The molecule has 5 nitrogen and oxygen atoms in total. The molecule has 0 radical (unpaired) electrons. The molecule has 116 valence electrons. The Bertz CT molecular complexity index is 659. The van der Waals surface area contributed by atoms with E-state index < -0.39 is 27.4 Å². The average molecular weight is 315 g/mol. The van der Waals surface area contributed by atoms with Crippen molar-refractivity contribution in [2.24, 2.45) is 5.92 Å². The molecule has 0 spiro atoms. The third-order valence-electron chi connectivity index (χ3n) is 3.84.